The van der Waals surface area contributed by atoms with Gasteiger partial charge in [0.25, 0.3) is 0 Å². The summed E-state index contributed by atoms with van der Waals surface area (Å²) < 4.78 is 15.4. The average Bonchev–Trinajstić information content (AvgIpc) is 2.54. The van der Waals surface area contributed by atoms with Crippen LogP contribution in [0, 0.1) is 0 Å². The van der Waals surface area contributed by atoms with Gasteiger partial charge in [-0.15, -0.1) is 0 Å². The van der Waals surface area contributed by atoms with Crippen molar-refractivity contribution >= 4 is 11.9 Å². The van der Waals surface area contributed by atoms with Crippen LogP contribution in [0.5, 0.6) is 23.0 Å². The van der Waals surface area contributed by atoms with Crippen molar-refractivity contribution in [3.8, 4) is 23.0 Å². The highest BCUT2D eigenvalue weighted by Crippen LogP contribution is 2.30. The van der Waals surface area contributed by atoms with Crippen LogP contribution in [0.25, 0.3) is 0 Å². The van der Waals surface area contributed by atoms with Gasteiger partial charge in [0, 0.05) is 0 Å². The van der Waals surface area contributed by atoms with Crippen LogP contribution in [0.4, 0.5) is 0 Å². The Hall–Kier alpha value is -3.22. The normalized spacial score (nSPS) is 10.0. The monoisotopic (exact) mass is 318 g/mol. The number of methoxy groups -OCH3 is 2. The van der Waals surface area contributed by atoms with E-state index in [0.29, 0.717) is 0 Å². The van der Waals surface area contributed by atoms with Crippen molar-refractivity contribution in [3.05, 3.63) is 47.5 Å². The van der Waals surface area contributed by atoms with Crippen LogP contribution in [-0.4, -0.2) is 36.4 Å². The van der Waals surface area contributed by atoms with E-state index in [9.17, 15) is 9.59 Å². The van der Waals surface area contributed by atoms with Crippen molar-refractivity contribution in [2.75, 3.05) is 14.2 Å². The Morgan fingerprint density at radius 2 is 1.17 bits per heavy atom. The molecule has 0 aliphatic rings. The minimum absolute atomic E-state index is 0.0584. The lowest BCUT2D eigenvalue weighted by Gasteiger charge is -2.11. The van der Waals surface area contributed by atoms with E-state index in [0.717, 1.165) is 0 Å². The Balaban J connectivity index is 2.36. The molecule has 23 heavy (non-hydrogen) atoms. The summed E-state index contributed by atoms with van der Waals surface area (Å²) >= 11 is 0. The van der Waals surface area contributed by atoms with E-state index in [4.69, 9.17) is 24.4 Å². The molecule has 120 valence electrons. The van der Waals surface area contributed by atoms with E-state index in [1.807, 2.05) is 0 Å². The van der Waals surface area contributed by atoms with Crippen LogP contribution in [0.3, 0.4) is 0 Å². The van der Waals surface area contributed by atoms with Gasteiger partial charge in [-0.05, 0) is 36.4 Å². The third-order valence-corrected chi connectivity index (χ3v) is 3.04. The summed E-state index contributed by atoms with van der Waals surface area (Å²) in [7, 11) is 2.73. The van der Waals surface area contributed by atoms with Crippen molar-refractivity contribution in [3.63, 3.8) is 0 Å². The molecule has 0 saturated carbocycles. The van der Waals surface area contributed by atoms with Crippen LogP contribution in [-0.2, 0) is 0 Å². The lowest BCUT2D eigenvalue weighted by molar-refractivity contribution is 0.0682. The molecule has 2 rings (SSSR count). The Morgan fingerprint density at radius 3 is 1.48 bits per heavy atom. The summed E-state index contributed by atoms with van der Waals surface area (Å²) in [6.45, 7) is 0. The molecule has 0 saturated heterocycles. The zero-order valence-electron chi connectivity index (χ0n) is 12.4. The summed E-state index contributed by atoms with van der Waals surface area (Å²) in [4.78, 5) is 22.4. The summed E-state index contributed by atoms with van der Waals surface area (Å²) in [6.07, 6.45) is 0. The standard InChI is InChI=1S/C16H14O7/c1-21-13-5-3-9(7-11(13)15(17)18)23-10-4-6-14(22-2)12(8-10)16(19)20/h3-8H,1-2H3,(H,17,18)(H,19,20). The molecular weight excluding hydrogens is 304 g/mol. The fourth-order valence-corrected chi connectivity index (χ4v) is 1.97. The molecular formula is C16H14O7. The molecule has 2 aromatic carbocycles. The molecule has 2 aromatic rings. The molecule has 7 heteroatoms. The number of carboxylic acids is 2. The lowest BCUT2D eigenvalue weighted by atomic mass is 10.1. The molecule has 2 N–H and O–H groups in total. The quantitative estimate of drug-likeness (QED) is 0.844. The topological polar surface area (TPSA) is 102 Å². The van der Waals surface area contributed by atoms with Crippen molar-refractivity contribution in [2.24, 2.45) is 0 Å². The zero-order valence-corrected chi connectivity index (χ0v) is 12.4. The van der Waals surface area contributed by atoms with Gasteiger partial charge in [-0.1, -0.05) is 0 Å². The summed E-state index contributed by atoms with van der Waals surface area (Å²) in [6, 6.07) is 8.56. The number of ether oxygens (including phenoxy) is 3. The second-order valence-electron chi connectivity index (χ2n) is 4.44. The van der Waals surface area contributed by atoms with Crippen LogP contribution in [0.15, 0.2) is 36.4 Å². The Bertz CT molecular complexity index is 689. The number of carbonyl (C=O) groups is 2. The number of benzene rings is 2. The van der Waals surface area contributed by atoms with E-state index in [-0.39, 0.29) is 34.1 Å². The second-order valence-corrected chi connectivity index (χ2v) is 4.44. The highest BCUT2D eigenvalue weighted by atomic mass is 16.5. The van der Waals surface area contributed by atoms with E-state index < -0.39 is 11.9 Å². The van der Waals surface area contributed by atoms with Gasteiger partial charge >= 0.3 is 11.9 Å². The molecule has 0 bridgehead atoms. The minimum atomic E-state index is -1.16. The molecule has 7 nitrogen and oxygen atoms in total. The number of aromatic carboxylic acids is 2. The predicted octanol–water partition coefficient (Wildman–Crippen LogP) is 2.89. The smallest absolute Gasteiger partial charge is 0.339 e. The maximum atomic E-state index is 11.2. The van der Waals surface area contributed by atoms with E-state index in [2.05, 4.69) is 0 Å². The Labute approximate surface area is 131 Å². The first-order valence-corrected chi connectivity index (χ1v) is 6.46. The summed E-state index contributed by atoms with van der Waals surface area (Å²) in [5.74, 6) is -1.44. The molecule has 0 unspecified atom stereocenters. The van der Waals surface area contributed by atoms with Crippen LogP contribution < -0.4 is 14.2 Å². The second kappa shape index (κ2) is 6.69. The first kappa shape index (κ1) is 16.2. The zero-order chi connectivity index (χ0) is 17.0. The van der Waals surface area contributed by atoms with Gasteiger partial charge in [0.15, 0.2) is 0 Å². The van der Waals surface area contributed by atoms with Gasteiger partial charge in [0.2, 0.25) is 0 Å². The van der Waals surface area contributed by atoms with E-state index >= 15 is 0 Å². The van der Waals surface area contributed by atoms with Gasteiger partial charge in [0.05, 0.1) is 14.2 Å². The fourth-order valence-electron chi connectivity index (χ4n) is 1.97. The van der Waals surface area contributed by atoms with Crippen LogP contribution in [0.2, 0.25) is 0 Å². The molecule has 0 radical (unpaired) electrons. The molecule has 0 spiro atoms. The lowest BCUT2D eigenvalue weighted by Crippen LogP contribution is -2.02. The Morgan fingerprint density at radius 1 is 0.783 bits per heavy atom. The van der Waals surface area contributed by atoms with Crippen molar-refractivity contribution in [1.82, 2.24) is 0 Å². The minimum Gasteiger partial charge on any atom is -0.496 e. The molecule has 0 aliphatic heterocycles. The molecule has 0 aliphatic carbocycles. The number of rotatable bonds is 6. The summed E-state index contributed by atoms with van der Waals surface area (Å²) in [5.41, 5.74) is -0.117. The van der Waals surface area contributed by atoms with Crippen LogP contribution >= 0.6 is 0 Å². The number of hydrogen-bond acceptors (Lipinski definition) is 5. The first-order valence-electron chi connectivity index (χ1n) is 6.46. The van der Waals surface area contributed by atoms with Crippen molar-refractivity contribution in [1.29, 1.82) is 0 Å². The van der Waals surface area contributed by atoms with Crippen molar-refractivity contribution in [2.45, 2.75) is 0 Å². The maximum Gasteiger partial charge on any atom is 0.339 e. The predicted molar refractivity (Wildman–Crippen MR) is 80.0 cm³/mol. The largest absolute Gasteiger partial charge is 0.496 e. The molecule has 0 amide bonds. The maximum absolute atomic E-state index is 11.2. The van der Waals surface area contributed by atoms with Gasteiger partial charge in [-0.3, -0.25) is 0 Å². The highest BCUT2D eigenvalue weighted by Gasteiger charge is 2.15. The van der Waals surface area contributed by atoms with E-state index in [1.54, 1.807) is 0 Å². The summed E-state index contributed by atoms with van der Waals surface area (Å²) in [5, 5.41) is 18.3. The molecule has 0 fully saturated rings. The van der Waals surface area contributed by atoms with Gasteiger partial charge in [0.1, 0.15) is 34.1 Å². The number of carboxylic acid groups (broad SMARTS) is 2. The van der Waals surface area contributed by atoms with Crippen molar-refractivity contribution < 1.29 is 34.0 Å². The van der Waals surface area contributed by atoms with Gasteiger partial charge in [-0.2, -0.15) is 0 Å². The van der Waals surface area contributed by atoms with Crippen LogP contribution in [0.1, 0.15) is 20.7 Å². The highest BCUT2D eigenvalue weighted by molar-refractivity contribution is 5.92. The van der Waals surface area contributed by atoms with Gasteiger partial charge < -0.3 is 24.4 Å². The third kappa shape index (κ3) is 3.52. The fraction of sp³-hybridized carbons (Fsp3) is 0.125. The van der Waals surface area contributed by atoms with E-state index in [1.165, 1.54) is 50.6 Å². The molecule has 0 atom stereocenters. The van der Waals surface area contributed by atoms with Gasteiger partial charge in [-0.25, -0.2) is 9.59 Å². The number of hydrogen-bond donors (Lipinski definition) is 2. The molecule has 0 heterocycles. The average molecular weight is 318 g/mol. The third-order valence-electron chi connectivity index (χ3n) is 3.04. The first-order chi connectivity index (χ1) is 11.0. The SMILES string of the molecule is COc1ccc(Oc2ccc(OC)c(C(=O)O)c2)cc1C(=O)O. The molecule has 0 aromatic heterocycles. The Kier molecular flexibility index (Phi) is 4.70.